The summed E-state index contributed by atoms with van der Waals surface area (Å²) in [6.07, 6.45) is 2.83. The van der Waals surface area contributed by atoms with Crippen molar-refractivity contribution in [2.75, 3.05) is 29.6 Å². The van der Waals surface area contributed by atoms with Gasteiger partial charge >= 0.3 is 12.6 Å². The Labute approximate surface area is 186 Å². The molecular weight excluding hydrogens is 422 g/mol. The number of nitrogens with zero attached hydrogens (tertiary/aromatic N) is 3. The molecule has 0 bridgehead atoms. The highest BCUT2D eigenvalue weighted by Gasteiger charge is 2.33. The molecule has 1 N–H and O–H groups in total. The van der Waals surface area contributed by atoms with Gasteiger partial charge in [0.15, 0.2) is 0 Å². The third-order valence-corrected chi connectivity index (χ3v) is 6.08. The van der Waals surface area contributed by atoms with E-state index >= 15 is 0 Å². The van der Waals surface area contributed by atoms with Crippen LogP contribution in [0, 0.1) is 6.92 Å². The zero-order valence-corrected chi connectivity index (χ0v) is 19.0. The number of amides is 2. The first-order valence-electron chi connectivity index (χ1n) is 10.2. The predicted molar refractivity (Wildman–Crippen MR) is 121 cm³/mol. The minimum Gasteiger partial charge on any atom is -0.415 e. The van der Waals surface area contributed by atoms with E-state index in [4.69, 9.17) is 0 Å². The fourth-order valence-corrected chi connectivity index (χ4v) is 4.34. The largest absolute Gasteiger partial charge is 0.415 e. The molecule has 1 aromatic heterocycles. The van der Waals surface area contributed by atoms with Gasteiger partial charge in [0.25, 0.3) is 0 Å². The van der Waals surface area contributed by atoms with Crippen LogP contribution in [0.25, 0.3) is 0 Å². The number of nitrogens with one attached hydrogen (secondary N) is 1. The number of aromatic nitrogens is 1. The van der Waals surface area contributed by atoms with Crippen molar-refractivity contribution in [2.45, 2.75) is 45.8 Å². The number of carbonyl (C=O) groups excluding carboxylic acids is 1. The second-order valence-electron chi connectivity index (χ2n) is 7.71. The fraction of sp³-hybridized carbons (Fsp3) is 0.455. The lowest BCUT2D eigenvalue weighted by molar-refractivity contribution is -0.0523. The van der Waals surface area contributed by atoms with E-state index in [9.17, 15) is 13.6 Å². The van der Waals surface area contributed by atoms with Crippen LogP contribution in [0.4, 0.5) is 25.0 Å². The number of benzene rings is 1. The number of pyridine rings is 1. The number of hydrogen-bond donors (Lipinski definition) is 1. The molecule has 1 fully saturated rings. The monoisotopic (exact) mass is 450 g/mol. The van der Waals surface area contributed by atoms with Gasteiger partial charge in [0, 0.05) is 24.5 Å². The number of para-hydroxylation sites is 1. The molecule has 6 nitrogen and oxygen atoms in total. The molecule has 1 saturated heterocycles. The maximum absolute atomic E-state index is 13.5. The van der Waals surface area contributed by atoms with Gasteiger partial charge in [-0.25, -0.2) is 14.1 Å². The van der Waals surface area contributed by atoms with Crippen LogP contribution in [-0.2, 0) is 0 Å². The molecule has 0 radical (unpaired) electrons. The Kier molecular flexibility index (Phi) is 7.72. The lowest BCUT2D eigenvalue weighted by atomic mass is 9.99. The van der Waals surface area contributed by atoms with E-state index in [1.54, 1.807) is 29.8 Å². The number of carbonyl (C=O) groups is 1. The highest BCUT2D eigenvalue weighted by Crippen LogP contribution is 2.33. The molecule has 2 aromatic rings. The van der Waals surface area contributed by atoms with Gasteiger partial charge in [-0.3, -0.25) is 4.90 Å². The molecule has 0 aliphatic carbocycles. The first kappa shape index (κ1) is 23.3. The molecule has 1 aromatic carbocycles. The van der Waals surface area contributed by atoms with Crippen LogP contribution in [0.15, 0.2) is 36.4 Å². The van der Waals surface area contributed by atoms with E-state index in [0.717, 1.165) is 24.2 Å². The molecule has 1 atom stereocenters. The van der Waals surface area contributed by atoms with Crippen LogP contribution < -0.4 is 15.0 Å². The van der Waals surface area contributed by atoms with E-state index in [1.165, 1.54) is 6.07 Å². The smallest absolute Gasteiger partial charge is 0.388 e. The van der Waals surface area contributed by atoms with Crippen molar-refractivity contribution in [1.29, 1.82) is 0 Å². The van der Waals surface area contributed by atoms with E-state index in [0.29, 0.717) is 12.2 Å². The average molecular weight is 451 g/mol. The molecular formula is C22H28F2N4O2S. The molecule has 2 amide bonds. The van der Waals surface area contributed by atoms with Crippen molar-refractivity contribution < 1.29 is 18.3 Å². The van der Waals surface area contributed by atoms with Gasteiger partial charge in [0.2, 0.25) is 5.88 Å². The first-order chi connectivity index (χ1) is 14.8. The molecule has 3 rings (SSSR count). The van der Waals surface area contributed by atoms with Gasteiger partial charge in [-0.15, -0.1) is 0 Å². The molecule has 9 heteroatoms. The fourth-order valence-electron chi connectivity index (χ4n) is 3.73. The molecule has 1 aliphatic rings. The van der Waals surface area contributed by atoms with Crippen molar-refractivity contribution in [3.63, 3.8) is 0 Å². The number of rotatable bonds is 7. The second-order valence-corrected chi connectivity index (χ2v) is 8.59. The number of alkyl halides is 2. The van der Waals surface area contributed by atoms with Crippen LogP contribution in [0.3, 0.4) is 0 Å². The number of aryl methyl sites for hydroxylation is 1. The summed E-state index contributed by atoms with van der Waals surface area (Å²) in [7, 11) is 0. The zero-order chi connectivity index (χ0) is 22.5. The number of halogens is 2. The summed E-state index contributed by atoms with van der Waals surface area (Å²) in [6, 6.07) is 10.5. The van der Waals surface area contributed by atoms with E-state index < -0.39 is 12.6 Å². The number of hydrogen-bond acceptors (Lipinski definition) is 5. The van der Waals surface area contributed by atoms with Crippen molar-refractivity contribution in [3.8, 4) is 5.88 Å². The minimum atomic E-state index is -3.03. The van der Waals surface area contributed by atoms with E-state index in [-0.39, 0.29) is 23.5 Å². The third kappa shape index (κ3) is 5.65. The van der Waals surface area contributed by atoms with Gasteiger partial charge in [-0.1, -0.05) is 44.0 Å². The maximum atomic E-state index is 13.5. The van der Waals surface area contributed by atoms with Crippen LogP contribution in [-0.4, -0.2) is 47.3 Å². The number of urea groups is 1. The zero-order valence-electron chi connectivity index (χ0n) is 18.1. The van der Waals surface area contributed by atoms with Gasteiger partial charge in [-0.2, -0.15) is 8.78 Å². The number of ether oxygens (including phenoxy) is 1. The Hall–Kier alpha value is -2.39. The molecule has 1 unspecified atom stereocenters. The lowest BCUT2D eigenvalue weighted by Crippen LogP contribution is -2.45. The summed E-state index contributed by atoms with van der Waals surface area (Å²) in [5.74, 6) is -0.0825. The van der Waals surface area contributed by atoms with Crippen molar-refractivity contribution in [3.05, 3.63) is 47.7 Å². The predicted octanol–water partition coefficient (Wildman–Crippen LogP) is 5.51. The van der Waals surface area contributed by atoms with Crippen LogP contribution in [0.2, 0.25) is 0 Å². The summed E-state index contributed by atoms with van der Waals surface area (Å²) in [5.41, 5.74) is 2.50. The average Bonchev–Trinajstić information content (AvgIpc) is 3.19. The van der Waals surface area contributed by atoms with Gasteiger partial charge in [0.1, 0.15) is 5.69 Å². The molecule has 2 heterocycles. The summed E-state index contributed by atoms with van der Waals surface area (Å²) >= 11 is 1.65. The minimum absolute atomic E-state index is 0.0507. The maximum Gasteiger partial charge on any atom is 0.388 e. The van der Waals surface area contributed by atoms with Crippen LogP contribution >= 0.6 is 11.9 Å². The highest BCUT2D eigenvalue weighted by molar-refractivity contribution is 7.96. The lowest BCUT2D eigenvalue weighted by Gasteiger charge is -2.32. The van der Waals surface area contributed by atoms with E-state index in [2.05, 4.69) is 33.2 Å². The normalized spacial score (nSPS) is 16.7. The van der Waals surface area contributed by atoms with Gasteiger partial charge in [0.05, 0.1) is 6.04 Å². The molecule has 168 valence electrons. The third-order valence-electron chi connectivity index (χ3n) is 5.23. The second kappa shape index (κ2) is 10.3. The van der Waals surface area contributed by atoms with Crippen molar-refractivity contribution >= 4 is 29.4 Å². The number of anilines is 2. The first-order valence-corrected chi connectivity index (χ1v) is 11.4. The summed E-state index contributed by atoms with van der Waals surface area (Å²) in [6.45, 7) is 4.38. The topological polar surface area (TPSA) is 57.7 Å². The molecule has 1 aliphatic heterocycles. The SMILES string of the molecule is CSN1CCC(N(C(=O)Nc2ccc(C)nc2OC(F)F)c2ccccc2C(C)C)C1. The molecule has 0 spiro atoms. The Balaban J connectivity index is 1.96. The summed E-state index contributed by atoms with van der Waals surface area (Å²) in [4.78, 5) is 19.3. The van der Waals surface area contributed by atoms with Crippen molar-refractivity contribution in [2.24, 2.45) is 0 Å². The van der Waals surface area contributed by atoms with Gasteiger partial charge in [-0.05, 0) is 49.3 Å². The Morgan fingerprint density at radius 3 is 2.68 bits per heavy atom. The molecule has 0 saturated carbocycles. The summed E-state index contributed by atoms with van der Waals surface area (Å²) < 4.78 is 32.5. The van der Waals surface area contributed by atoms with Crippen LogP contribution in [0.5, 0.6) is 5.88 Å². The van der Waals surface area contributed by atoms with E-state index in [1.807, 2.05) is 30.5 Å². The Morgan fingerprint density at radius 2 is 2.03 bits per heavy atom. The van der Waals surface area contributed by atoms with Crippen molar-refractivity contribution in [1.82, 2.24) is 9.29 Å². The summed E-state index contributed by atoms with van der Waals surface area (Å²) in [5, 5.41) is 2.76. The molecule has 31 heavy (non-hydrogen) atoms. The quantitative estimate of drug-likeness (QED) is 0.564. The highest BCUT2D eigenvalue weighted by atomic mass is 32.2. The Morgan fingerprint density at radius 1 is 1.29 bits per heavy atom. The van der Waals surface area contributed by atoms with Crippen LogP contribution in [0.1, 0.15) is 37.4 Å². The van der Waals surface area contributed by atoms with Gasteiger partial charge < -0.3 is 10.1 Å². The standard InChI is InChI=1S/C22H28F2N4O2S/c1-14(2)17-7-5-6-8-19(17)28(16-11-12-27(13-16)31-4)22(29)26-18-10-9-15(3)25-20(18)30-21(23)24/h5-10,14,16,21H,11-13H2,1-4H3,(H,26,29). The Bertz CT molecular complexity index is 913.